The Morgan fingerprint density at radius 3 is 1.50 bits per heavy atom. The number of hydroxylamine groups is 3. The van der Waals surface area contributed by atoms with Crippen molar-refractivity contribution in [1.82, 2.24) is 0 Å². The molecule has 0 N–H and O–H groups in total. The van der Waals surface area contributed by atoms with Crippen molar-refractivity contribution in [3.8, 4) is 0 Å². The third-order valence-electron chi connectivity index (χ3n) is 5.32. The van der Waals surface area contributed by atoms with Gasteiger partial charge in [0, 0.05) is 6.42 Å². The molecule has 0 radical (unpaired) electrons. The van der Waals surface area contributed by atoms with Gasteiger partial charge in [0.2, 0.25) is 0 Å². The lowest BCUT2D eigenvalue weighted by atomic mass is 9.95. The van der Waals surface area contributed by atoms with Gasteiger partial charge in [-0.3, -0.25) is 0 Å². The average Bonchev–Trinajstić information content (AvgIpc) is 2.64. The second-order valence-electron chi connectivity index (χ2n) is 8.00. The van der Waals surface area contributed by atoms with Gasteiger partial charge in [-0.25, -0.2) is 0 Å². The van der Waals surface area contributed by atoms with Crippen molar-refractivity contribution in [2.75, 3.05) is 19.8 Å². The number of unbranched alkanes of at least 4 members (excludes halogenated alkanes) is 9. The van der Waals surface area contributed by atoms with Crippen molar-refractivity contribution in [3.05, 3.63) is 0 Å². The van der Waals surface area contributed by atoms with Crippen molar-refractivity contribution in [1.29, 1.82) is 0 Å². The summed E-state index contributed by atoms with van der Waals surface area (Å²) in [7, 11) is 0. The van der Waals surface area contributed by atoms with E-state index in [0.717, 1.165) is 25.8 Å². The van der Waals surface area contributed by atoms with Gasteiger partial charge in [0.1, 0.15) is 18.8 Å². The van der Waals surface area contributed by atoms with Crippen LogP contribution in [0.5, 0.6) is 0 Å². The molecule has 0 aromatic carbocycles. The van der Waals surface area contributed by atoms with E-state index in [1.165, 1.54) is 64.2 Å². The highest BCUT2D eigenvalue weighted by atomic mass is 35.5. The van der Waals surface area contributed by atoms with Crippen LogP contribution in [-0.2, 0) is 14.5 Å². The summed E-state index contributed by atoms with van der Waals surface area (Å²) < 4.78 is 0. The molecule has 172 valence electrons. The molecule has 0 aliphatic rings. The predicted octanol–water partition coefficient (Wildman–Crippen LogP) is 4.53. The van der Waals surface area contributed by atoms with Gasteiger partial charge in [-0.15, -0.1) is 14.5 Å². The average molecular weight is 424 g/mol. The van der Waals surface area contributed by atoms with Crippen molar-refractivity contribution in [2.24, 2.45) is 0 Å². The molecular formula is C23H50ClNO3. The fourth-order valence-corrected chi connectivity index (χ4v) is 3.54. The monoisotopic (exact) mass is 423 g/mol. The zero-order valence-electron chi connectivity index (χ0n) is 19.9. The topological polar surface area (TPSA) is 27.7 Å². The molecule has 1 atom stereocenters. The minimum atomic E-state index is -0.209. The molecule has 5 heteroatoms. The lowest BCUT2D eigenvalue weighted by Crippen LogP contribution is -3.00. The van der Waals surface area contributed by atoms with Crippen molar-refractivity contribution >= 4 is 0 Å². The molecule has 0 aliphatic heterocycles. The van der Waals surface area contributed by atoms with E-state index in [1.54, 1.807) is 0 Å². The van der Waals surface area contributed by atoms with Gasteiger partial charge in [0.15, 0.2) is 6.54 Å². The minimum Gasteiger partial charge on any atom is -1.00 e. The fourth-order valence-electron chi connectivity index (χ4n) is 3.54. The molecule has 0 aliphatic carbocycles. The molecule has 1 unspecified atom stereocenters. The molecule has 0 rings (SSSR count). The van der Waals surface area contributed by atoms with Gasteiger partial charge < -0.3 is 12.4 Å². The molecule has 0 saturated heterocycles. The van der Waals surface area contributed by atoms with Gasteiger partial charge >= 0.3 is 0 Å². The Morgan fingerprint density at radius 1 is 0.643 bits per heavy atom. The van der Waals surface area contributed by atoms with Crippen LogP contribution >= 0.6 is 0 Å². The largest absolute Gasteiger partial charge is 1.00 e. The number of halogens is 1. The number of quaternary nitrogens is 1. The van der Waals surface area contributed by atoms with Crippen molar-refractivity contribution in [2.45, 2.75) is 131 Å². The molecule has 0 aromatic heterocycles. The second-order valence-corrected chi connectivity index (χ2v) is 8.00. The summed E-state index contributed by atoms with van der Waals surface area (Å²) in [6.45, 7) is 14.7. The molecule has 0 bridgehead atoms. The first-order chi connectivity index (χ1) is 13.0. The zero-order chi connectivity index (χ0) is 20.4. The van der Waals surface area contributed by atoms with Gasteiger partial charge in [-0.05, 0) is 33.6 Å². The predicted molar refractivity (Wildman–Crippen MR) is 115 cm³/mol. The molecular weight excluding hydrogens is 374 g/mol. The summed E-state index contributed by atoms with van der Waals surface area (Å²) in [6.07, 6.45) is 16.6. The van der Waals surface area contributed by atoms with E-state index in [1.807, 2.05) is 13.8 Å². The smallest absolute Gasteiger partial charge is 0.178 e. The van der Waals surface area contributed by atoms with E-state index in [4.69, 9.17) is 14.5 Å². The van der Waals surface area contributed by atoms with Crippen molar-refractivity contribution in [3.63, 3.8) is 0 Å². The lowest BCUT2D eigenvalue weighted by Gasteiger charge is -2.36. The van der Waals surface area contributed by atoms with Gasteiger partial charge in [0.25, 0.3) is 0 Å². The summed E-state index contributed by atoms with van der Waals surface area (Å²) in [4.78, 5) is 18.2. The number of nitrogens with zero attached hydrogens (tertiary/aromatic N) is 1. The molecule has 4 nitrogen and oxygen atoms in total. The SMILES string of the molecule is CCCCCCCCCCCCC(C)(CC)O[N+](CCC)(OCC)OCC.[Cl-]. The number of hydrogen-bond acceptors (Lipinski definition) is 3. The van der Waals surface area contributed by atoms with Crippen LogP contribution in [0.25, 0.3) is 0 Å². The molecule has 0 fully saturated rings. The maximum absolute atomic E-state index is 6.47. The maximum Gasteiger partial charge on any atom is 0.178 e. The molecule has 0 amide bonds. The van der Waals surface area contributed by atoms with Gasteiger partial charge in [-0.2, -0.15) is 0 Å². The standard InChI is InChI=1S/C23H50NO3.ClH/c1-7-12-13-14-15-16-17-18-19-20-21-23(6,9-3)27-24(22-8-2,25-10-4)26-11-5;/h7-22H2,1-6H3;1H/q+1;/p-1. The van der Waals surface area contributed by atoms with E-state index in [0.29, 0.717) is 13.2 Å². The van der Waals surface area contributed by atoms with E-state index < -0.39 is 0 Å². The highest BCUT2D eigenvalue weighted by Crippen LogP contribution is 2.30. The Labute approximate surface area is 182 Å². The summed E-state index contributed by atoms with van der Waals surface area (Å²) in [5.41, 5.74) is -0.209. The first kappa shape index (κ1) is 30.3. The van der Waals surface area contributed by atoms with Crippen molar-refractivity contribution < 1.29 is 31.9 Å². The zero-order valence-corrected chi connectivity index (χ0v) is 20.6. The third kappa shape index (κ3) is 14.2. The van der Waals surface area contributed by atoms with Crippen LogP contribution in [0.3, 0.4) is 0 Å². The lowest BCUT2D eigenvalue weighted by molar-refractivity contribution is -1.37. The Balaban J connectivity index is 0. The molecule has 0 heterocycles. The molecule has 28 heavy (non-hydrogen) atoms. The minimum absolute atomic E-state index is 0. The number of hydrogen-bond donors (Lipinski definition) is 0. The summed E-state index contributed by atoms with van der Waals surface area (Å²) in [5.74, 6) is 0. The highest BCUT2D eigenvalue weighted by molar-refractivity contribution is 4.71. The summed E-state index contributed by atoms with van der Waals surface area (Å²) in [5, 5.41) is 0. The highest BCUT2D eigenvalue weighted by Gasteiger charge is 2.42. The van der Waals surface area contributed by atoms with Crippen LogP contribution in [0, 0.1) is 0 Å². The van der Waals surface area contributed by atoms with E-state index in [9.17, 15) is 0 Å². The van der Waals surface area contributed by atoms with Crippen LogP contribution < -0.4 is 12.4 Å². The van der Waals surface area contributed by atoms with Crippen LogP contribution in [-0.4, -0.2) is 30.3 Å². The summed E-state index contributed by atoms with van der Waals surface area (Å²) >= 11 is 0. The molecule has 0 spiro atoms. The van der Waals surface area contributed by atoms with E-state index in [2.05, 4.69) is 27.7 Å². The van der Waals surface area contributed by atoms with E-state index >= 15 is 0 Å². The first-order valence-corrected chi connectivity index (χ1v) is 11.9. The van der Waals surface area contributed by atoms with Gasteiger partial charge in [0.05, 0.1) is 4.97 Å². The Morgan fingerprint density at radius 2 is 1.11 bits per heavy atom. The normalized spacial score (nSPS) is 13.9. The quantitative estimate of drug-likeness (QED) is 0.163. The number of rotatable bonds is 20. The Kier molecular flexibility index (Phi) is 20.7. The van der Waals surface area contributed by atoms with Gasteiger partial charge in [-0.1, -0.05) is 85.0 Å². The Hall–Kier alpha value is 0.130. The fraction of sp³-hybridized carbons (Fsp3) is 1.00. The van der Waals surface area contributed by atoms with Crippen LogP contribution in [0.1, 0.15) is 125 Å². The maximum atomic E-state index is 6.47. The van der Waals surface area contributed by atoms with Crippen LogP contribution in [0.2, 0.25) is 0 Å². The second kappa shape index (κ2) is 19.1. The molecule has 0 saturated carbocycles. The van der Waals surface area contributed by atoms with Crippen LogP contribution in [0.4, 0.5) is 0 Å². The first-order valence-electron chi connectivity index (χ1n) is 11.9. The third-order valence-corrected chi connectivity index (χ3v) is 5.32. The molecule has 0 aromatic rings. The summed E-state index contributed by atoms with van der Waals surface area (Å²) in [6, 6.07) is 0. The van der Waals surface area contributed by atoms with E-state index in [-0.39, 0.29) is 23.0 Å². The van der Waals surface area contributed by atoms with Crippen LogP contribution in [0.15, 0.2) is 0 Å². The Bertz CT molecular complexity index is 314.